The number of nitrogen functional groups attached to an aromatic ring is 1. The van der Waals surface area contributed by atoms with Gasteiger partial charge in [0.1, 0.15) is 0 Å². The molecule has 0 aliphatic rings. The third-order valence-corrected chi connectivity index (χ3v) is 6.10. The van der Waals surface area contributed by atoms with Crippen LogP contribution in [0, 0.1) is 0 Å². The molecule has 0 atom stereocenters. The van der Waals surface area contributed by atoms with Gasteiger partial charge in [-0.2, -0.15) is 0 Å². The third-order valence-electron chi connectivity index (χ3n) is 3.98. The molecule has 1 aromatic carbocycles. The minimum absolute atomic E-state index is 0.122. The molecule has 3 aromatic rings. The van der Waals surface area contributed by atoms with Crippen LogP contribution in [0.3, 0.4) is 0 Å². The molecule has 9 nitrogen and oxygen atoms in total. The third kappa shape index (κ3) is 5.18. The maximum atomic E-state index is 10.8. The van der Waals surface area contributed by atoms with Gasteiger partial charge < -0.3 is 0 Å². The van der Waals surface area contributed by atoms with Gasteiger partial charge in [0.25, 0.3) is 0 Å². The Morgan fingerprint density at radius 2 is 2.04 bits per heavy atom. The average molecular weight is 392 g/mol. The Morgan fingerprint density at radius 1 is 1.22 bits per heavy atom. The van der Waals surface area contributed by atoms with Crippen molar-refractivity contribution in [2.75, 3.05) is 25.2 Å². The van der Waals surface area contributed by atoms with Gasteiger partial charge in [0, 0.05) is 0 Å². The fourth-order valence-corrected chi connectivity index (χ4v) is 4.30. The summed E-state index contributed by atoms with van der Waals surface area (Å²) in [5, 5.41) is 3.05. The molecule has 4 N–H and O–H groups in total. The zero-order valence-electron chi connectivity index (χ0n) is 15.2. The Bertz CT molecular complexity index is 862. The Labute approximate surface area is 158 Å². The van der Waals surface area contributed by atoms with Gasteiger partial charge in [-0.1, -0.05) is 0 Å². The van der Waals surface area contributed by atoms with Gasteiger partial charge in [-0.3, -0.25) is 0 Å². The SMILES string of the molecule is CCN[PH](O)(COCCn1cnc2c(N)ncnc21)OCc1ccccc1. The number of rotatable bonds is 10. The van der Waals surface area contributed by atoms with Crippen LogP contribution < -0.4 is 10.8 Å². The number of nitrogens with one attached hydrogen (secondary N) is 1. The molecule has 0 spiro atoms. The van der Waals surface area contributed by atoms with Crippen molar-refractivity contribution in [3.05, 3.63) is 48.5 Å². The van der Waals surface area contributed by atoms with Crippen LogP contribution in [0.2, 0.25) is 0 Å². The molecule has 3 rings (SSSR count). The van der Waals surface area contributed by atoms with E-state index >= 15 is 0 Å². The molecule has 27 heavy (non-hydrogen) atoms. The molecule has 0 radical (unpaired) electrons. The first-order chi connectivity index (χ1) is 13.1. The zero-order valence-corrected chi connectivity index (χ0v) is 16.2. The summed E-state index contributed by atoms with van der Waals surface area (Å²) in [5.74, 6) is 0.350. The molecular formula is C17H25N6O3P. The molecule has 0 bridgehead atoms. The number of ether oxygens (including phenoxy) is 1. The van der Waals surface area contributed by atoms with E-state index in [9.17, 15) is 4.89 Å². The number of hydrogen-bond donors (Lipinski definition) is 3. The van der Waals surface area contributed by atoms with E-state index < -0.39 is 7.87 Å². The predicted molar refractivity (Wildman–Crippen MR) is 106 cm³/mol. The topological polar surface area (TPSA) is 120 Å². The monoisotopic (exact) mass is 392 g/mol. The molecule has 10 heteroatoms. The Morgan fingerprint density at radius 3 is 2.81 bits per heavy atom. The van der Waals surface area contributed by atoms with Crippen molar-refractivity contribution in [3.63, 3.8) is 0 Å². The second-order valence-corrected chi connectivity index (χ2v) is 8.51. The van der Waals surface area contributed by atoms with Crippen LogP contribution in [-0.2, 0) is 22.4 Å². The van der Waals surface area contributed by atoms with E-state index in [4.69, 9.17) is 15.0 Å². The molecule has 146 valence electrons. The quantitative estimate of drug-likeness (QED) is 0.352. The number of benzene rings is 1. The molecule has 0 aliphatic heterocycles. The predicted octanol–water partition coefficient (Wildman–Crippen LogP) is 1.70. The number of aromatic nitrogens is 4. The summed E-state index contributed by atoms with van der Waals surface area (Å²) in [7, 11) is -3.16. The van der Waals surface area contributed by atoms with E-state index in [0.29, 0.717) is 43.3 Å². The maximum absolute atomic E-state index is 10.8. The van der Waals surface area contributed by atoms with E-state index in [1.807, 2.05) is 41.8 Å². The Hall–Kier alpha value is -2.16. The normalized spacial score (nSPS) is 12.5. The van der Waals surface area contributed by atoms with E-state index in [1.54, 1.807) is 6.33 Å². The zero-order chi connectivity index (χ0) is 19.1. The van der Waals surface area contributed by atoms with E-state index in [1.165, 1.54) is 6.33 Å². The standard InChI is InChI=1S/C17H25N6O3P/c1-2-22-27(24,26-10-14-6-4-3-5-7-14)13-25-9-8-23-12-21-15-16(18)19-11-20-17(15)23/h3-7,11-12,22,24,27H,2,8-10,13H2,1H3,(H2,18,19,20). The van der Waals surface area contributed by atoms with Crippen LogP contribution in [-0.4, -0.2) is 43.9 Å². The van der Waals surface area contributed by atoms with Gasteiger partial charge >= 0.3 is 157 Å². The molecule has 0 fully saturated rings. The van der Waals surface area contributed by atoms with Crippen LogP contribution in [0.25, 0.3) is 11.2 Å². The summed E-state index contributed by atoms with van der Waals surface area (Å²) in [5.41, 5.74) is 8.02. The van der Waals surface area contributed by atoms with Gasteiger partial charge in [0.05, 0.1) is 0 Å². The second-order valence-electron chi connectivity index (χ2n) is 6.01. The molecule has 0 aliphatic carbocycles. The van der Waals surface area contributed by atoms with Crippen LogP contribution >= 0.6 is 7.87 Å². The molecular weight excluding hydrogens is 367 g/mol. The molecule has 0 saturated heterocycles. The van der Waals surface area contributed by atoms with Crippen LogP contribution in [0.4, 0.5) is 5.82 Å². The van der Waals surface area contributed by atoms with Gasteiger partial charge in [-0.25, -0.2) is 0 Å². The summed E-state index contributed by atoms with van der Waals surface area (Å²) in [6, 6.07) is 9.74. The summed E-state index contributed by atoms with van der Waals surface area (Å²) in [6.07, 6.45) is 3.18. The molecule has 2 heterocycles. The molecule has 0 unspecified atom stereocenters. The number of hydrogen-bond acceptors (Lipinski definition) is 8. The molecule has 0 saturated carbocycles. The minimum atomic E-state index is -3.16. The number of fused-ring (bicyclic) bond motifs is 1. The summed E-state index contributed by atoms with van der Waals surface area (Å²) in [6.45, 7) is 3.77. The van der Waals surface area contributed by atoms with Crippen molar-refractivity contribution >= 4 is 24.8 Å². The van der Waals surface area contributed by atoms with E-state index in [2.05, 4.69) is 20.0 Å². The number of nitrogens with two attached hydrogens (primary N) is 1. The number of nitrogens with zero attached hydrogens (tertiary/aromatic N) is 4. The Balaban J connectivity index is 1.52. The van der Waals surface area contributed by atoms with Crippen molar-refractivity contribution in [2.24, 2.45) is 0 Å². The van der Waals surface area contributed by atoms with Crippen molar-refractivity contribution in [3.8, 4) is 0 Å². The van der Waals surface area contributed by atoms with Gasteiger partial charge in [0.2, 0.25) is 0 Å². The van der Waals surface area contributed by atoms with Crippen molar-refractivity contribution in [1.29, 1.82) is 0 Å². The summed E-state index contributed by atoms with van der Waals surface area (Å²) < 4.78 is 13.3. The van der Waals surface area contributed by atoms with Crippen LogP contribution in [0.1, 0.15) is 12.5 Å². The van der Waals surface area contributed by atoms with E-state index in [0.717, 1.165) is 5.56 Å². The van der Waals surface area contributed by atoms with Crippen molar-refractivity contribution < 1.29 is 14.2 Å². The first kappa shape index (κ1) is 19.6. The summed E-state index contributed by atoms with van der Waals surface area (Å²) >= 11 is 0. The van der Waals surface area contributed by atoms with Gasteiger partial charge in [-0.15, -0.1) is 0 Å². The fraction of sp³-hybridized carbons (Fsp3) is 0.353. The number of imidazole rings is 1. The van der Waals surface area contributed by atoms with Crippen LogP contribution in [0.5, 0.6) is 0 Å². The first-order valence-corrected chi connectivity index (χ1v) is 10.8. The second kappa shape index (κ2) is 9.16. The Kier molecular flexibility index (Phi) is 6.65. The molecule has 0 amide bonds. The molecule has 2 aromatic heterocycles. The van der Waals surface area contributed by atoms with Crippen molar-refractivity contribution in [2.45, 2.75) is 20.1 Å². The van der Waals surface area contributed by atoms with Crippen molar-refractivity contribution in [1.82, 2.24) is 24.6 Å². The first-order valence-electron chi connectivity index (χ1n) is 8.75. The van der Waals surface area contributed by atoms with Gasteiger partial charge in [-0.05, 0) is 0 Å². The number of anilines is 1. The van der Waals surface area contributed by atoms with Crippen LogP contribution in [0.15, 0.2) is 43.0 Å². The average Bonchev–Trinajstić information content (AvgIpc) is 3.09. The summed E-state index contributed by atoms with van der Waals surface area (Å²) in [4.78, 5) is 23.1. The van der Waals surface area contributed by atoms with Gasteiger partial charge in [0.15, 0.2) is 0 Å². The fourth-order valence-electron chi connectivity index (χ4n) is 2.63. The van der Waals surface area contributed by atoms with E-state index in [-0.39, 0.29) is 6.35 Å².